The Morgan fingerprint density at radius 3 is 2.33 bits per heavy atom. The molecule has 0 aromatic carbocycles. The third-order valence-electron chi connectivity index (χ3n) is 3.68. The lowest BCUT2D eigenvalue weighted by molar-refractivity contribution is -0.273. The number of hydrogen-bond acceptors (Lipinski definition) is 2. The summed E-state index contributed by atoms with van der Waals surface area (Å²) in [4.78, 5) is 0. The molecule has 3 atom stereocenters. The van der Waals surface area contributed by atoms with Gasteiger partial charge in [0.1, 0.15) is 0 Å². The van der Waals surface area contributed by atoms with Crippen LogP contribution in [0.4, 0.5) is 0 Å². The Morgan fingerprint density at radius 1 is 1.33 bits per heavy atom. The van der Waals surface area contributed by atoms with Crippen LogP contribution in [0.2, 0.25) is 0 Å². The zero-order valence-electron chi connectivity index (χ0n) is 8.13. The molecule has 1 aliphatic carbocycles. The van der Waals surface area contributed by atoms with Crippen LogP contribution < -0.4 is 0 Å². The number of hydrogen-bond donors (Lipinski definition) is 1. The van der Waals surface area contributed by atoms with Crippen molar-refractivity contribution in [2.75, 3.05) is 0 Å². The molecule has 3 rings (SSSR count). The van der Waals surface area contributed by atoms with Gasteiger partial charge in [0, 0.05) is 0 Å². The van der Waals surface area contributed by atoms with Crippen LogP contribution in [-0.4, -0.2) is 22.4 Å². The van der Waals surface area contributed by atoms with Crippen molar-refractivity contribution in [3.8, 4) is 0 Å². The standard InChI is InChI=1S/C10H18O2/c1-9(2)7-4-5-10(3,12-9)8(11)6-7/h7-8,11H,4-6H2,1-3H3/t7-,8+,10?/m1/s1. The highest BCUT2D eigenvalue weighted by atomic mass is 16.5. The third-order valence-corrected chi connectivity index (χ3v) is 3.68. The second-order valence-electron chi connectivity index (χ2n) is 5.01. The maximum atomic E-state index is 9.77. The van der Waals surface area contributed by atoms with Gasteiger partial charge in [0.15, 0.2) is 0 Å². The molecule has 1 N–H and O–H groups in total. The van der Waals surface area contributed by atoms with Gasteiger partial charge in [0.2, 0.25) is 0 Å². The molecule has 2 aliphatic heterocycles. The fourth-order valence-electron chi connectivity index (χ4n) is 2.70. The average Bonchev–Trinajstić information content (AvgIpc) is 1.91. The first-order chi connectivity index (χ1) is 5.44. The fraction of sp³-hybridized carbons (Fsp3) is 1.00. The van der Waals surface area contributed by atoms with E-state index in [4.69, 9.17) is 4.74 Å². The average molecular weight is 170 g/mol. The minimum absolute atomic E-state index is 0.0216. The molecule has 2 heterocycles. The van der Waals surface area contributed by atoms with E-state index in [-0.39, 0.29) is 17.3 Å². The Balaban J connectivity index is 2.26. The van der Waals surface area contributed by atoms with Gasteiger partial charge in [-0.25, -0.2) is 0 Å². The molecule has 0 amide bonds. The van der Waals surface area contributed by atoms with E-state index >= 15 is 0 Å². The summed E-state index contributed by atoms with van der Waals surface area (Å²) >= 11 is 0. The molecule has 0 aromatic heterocycles. The smallest absolute Gasteiger partial charge is 0.0919 e. The van der Waals surface area contributed by atoms with E-state index in [1.807, 2.05) is 6.92 Å². The van der Waals surface area contributed by atoms with Crippen molar-refractivity contribution in [1.82, 2.24) is 0 Å². The Kier molecular flexibility index (Phi) is 1.59. The van der Waals surface area contributed by atoms with Crippen molar-refractivity contribution < 1.29 is 9.84 Å². The largest absolute Gasteiger partial charge is 0.390 e. The van der Waals surface area contributed by atoms with Crippen LogP contribution in [-0.2, 0) is 4.74 Å². The molecule has 0 aromatic rings. The third kappa shape index (κ3) is 1.01. The van der Waals surface area contributed by atoms with Gasteiger partial charge < -0.3 is 9.84 Å². The molecule has 12 heavy (non-hydrogen) atoms. The fourth-order valence-corrected chi connectivity index (χ4v) is 2.70. The number of aliphatic hydroxyl groups excluding tert-OH is 1. The zero-order valence-corrected chi connectivity index (χ0v) is 8.13. The van der Waals surface area contributed by atoms with E-state index < -0.39 is 0 Å². The summed E-state index contributed by atoms with van der Waals surface area (Å²) in [5.41, 5.74) is -0.287. The van der Waals surface area contributed by atoms with Crippen LogP contribution in [0, 0.1) is 5.92 Å². The summed E-state index contributed by atoms with van der Waals surface area (Å²) in [5.74, 6) is 0.550. The quantitative estimate of drug-likeness (QED) is 0.599. The highest BCUT2D eigenvalue weighted by Gasteiger charge is 2.53. The summed E-state index contributed by atoms with van der Waals surface area (Å²) in [5, 5.41) is 9.77. The summed E-state index contributed by atoms with van der Waals surface area (Å²) in [6.07, 6.45) is 2.90. The summed E-state index contributed by atoms with van der Waals surface area (Å²) < 4.78 is 5.92. The lowest BCUT2D eigenvalue weighted by Crippen LogP contribution is -2.61. The predicted molar refractivity (Wildman–Crippen MR) is 46.9 cm³/mol. The Bertz CT molecular complexity index is 200. The van der Waals surface area contributed by atoms with Crippen LogP contribution >= 0.6 is 0 Å². The van der Waals surface area contributed by atoms with Crippen LogP contribution in [0.25, 0.3) is 0 Å². The van der Waals surface area contributed by atoms with Gasteiger partial charge in [-0.05, 0) is 46.0 Å². The van der Waals surface area contributed by atoms with Gasteiger partial charge >= 0.3 is 0 Å². The van der Waals surface area contributed by atoms with Crippen LogP contribution in [0.15, 0.2) is 0 Å². The Morgan fingerprint density at radius 2 is 2.00 bits per heavy atom. The van der Waals surface area contributed by atoms with Gasteiger partial charge in [-0.3, -0.25) is 0 Å². The molecule has 1 saturated carbocycles. The molecule has 3 aliphatic rings. The first-order valence-electron chi connectivity index (χ1n) is 4.82. The lowest BCUT2D eigenvalue weighted by Gasteiger charge is -2.56. The van der Waals surface area contributed by atoms with E-state index in [0.717, 1.165) is 12.8 Å². The van der Waals surface area contributed by atoms with E-state index in [1.165, 1.54) is 6.42 Å². The topological polar surface area (TPSA) is 29.5 Å². The maximum Gasteiger partial charge on any atom is 0.0919 e. The van der Waals surface area contributed by atoms with Gasteiger partial charge in [0.05, 0.1) is 17.3 Å². The number of rotatable bonds is 0. The number of ether oxygens (including phenoxy) is 1. The van der Waals surface area contributed by atoms with Crippen LogP contribution in [0.1, 0.15) is 40.0 Å². The molecule has 2 saturated heterocycles. The Hall–Kier alpha value is -0.0800. The predicted octanol–water partition coefficient (Wildman–Crippen LogP) is 1.71. The molecule has 0 radical (unpaired) electrons. The Labute approximate surface area is 73.9 Å². The van der Waals surface area contributed by atoms with E-state index in [9.17, 15) is 5.11 Å². The van der Waals surface area contributed by atoms with Crippen molar-refractivity contribution in [1.29, 1.82) is 0 Å². The van der Waals surface area contributed by atoms with E-state index in [1.54, 1.807) is 0 Å². The molecule has 2 heteroatoms. The molecule has 0 spiro atoms. The van der Waals surface area contributed by atoms with E-state index in [0.29, 0.717) is 5.92 Å². The highest BCUT2D eigenvalue weighted by molar-refractivity contribution is 5.02. The first-order valence-corrected chi connectivity index (χ1v) is 4.82. The molecule has 3 fully saturated rings. The monoisotopic (exact) mass is 170 g/mol. The summed E-state index contributed by atoms with van der Waals surface area (Å²) in [6, 6.07) is 0. The van der Waals surface area contributed by atoms with Crippen LogP contribution in [0.3, 0.4) is 0 Å². The minimum atomic E-state index is -0.266. The first kappa shape index (κ1) is 8.52. The SMILES string of the molecule is CC1(C)OC2(C)CC[C@@H]1C[C@@H]2O. The van der Waals surface area contributed by atoms with Crippen LogP contribution in [0.5, 0.6) is 0 Å². The molecular formula is C10H18O2. The summed E-state index contributed by atoms with van der Waals surface area (Å²) in [6.45, 7) is 6.32. The van der Waals surface area contributed by atoms with Gasteiger partial charge in [-0.1, -0.05) is 0 Å². The summed E-state index contributed by atoms with van der Waals surface area (Å²) in [7, 11) is 0. The minimum Gasteiger partial charge on any atom is -0.390 e. The molecule has 1 unspecified atom stereocenters. The van der Waals surface area contributed by atoms with Crippen molar-refractivity contribution in [2.45, 2.75) is 57.3 Å². The number of aliphatic hydroxyl groups is 1. The normalized spacial score (nSPS) is 51.0. The highest BCUT2D eigenvalue weighted by Crippen LogP contribution is 2.49. The molecule has 70 valence electrons. The second kappa shape index (κ2) is 2.24. The van der Waals surface area contributed by atoms with Gasteiger partial charge in [-0.2, -0.15) is 0 Å². The maximum absolute atomic E-state index is 9.77. The van der Waals surface area contributed by atoms with Crippen molar-refractivity contribution in [2.24, 2.45) is 5.92 Å². The lowest BCUT2D eigenvalue weighted by atomic mass is 9.67. The van der Waals surface area contributed by atoms with E-state index in [2.05, 4.69) is 13.8 Å². The van der Waals surface area contributed by atoms with Crippen molar-refractivity contribution in [3.63, 3.8) is 0 Å². The molecule has 2 bridgehead atoms. The second-order valence-corrected chi connectivity index (χ2v) is 5.01. The van der Waals surface area contributed by atoms with Crippen molar-refractivity contribution >= 4 is 0 Å². The van der Waals surface area contributed by atoms with Crippen molar-refractivity contribution in [3.05, 3.63) is 0 Å². The van der Waals surface area contributed by atoms with Gasteiger partial charge in [0.25, 0.3) is 0 Å². The molecule has 2 nitrogen and oxygen atoms in total. The number of fused-ring (bicyclic) bond motifs is 3. The van der Waals surface area contributed by atoms with Gasteiger partial charge in [-0.15, -0.1) is 0 Å². The molecular weight excluding hydrogens is 152 g/mol. The zero-order chi connectivity index (χ0) is 8.98.